The second-order valence-corrected chi connectivity index (χ2v) is 3.54. The molecule has 0 radical (unpaired) electrons. The minimum Gasteiger partial charge on any atom is -0.296 e. The average Bonchev–Trinajstić information content (AvgIpc) is 2.18. The van der Waals surface area contributed by atoms with Crippen LogP contribution in [0.4, 0.5) is 0 Å². The highest BCUT2D eigenvalue weighted by Gasteiger charge is 2.09. The predicted molar refractivity (Wildman–Crippen MR) is 57.4 cm³/mol. The molecule has 1 rings (SSSR count). The molecule has 0 aromatic carbocycles. The van der Waals surface area contributed by atoms with Gasteiger partial charge < -0.3 is 0 Å². The Morgan fingerprint density at radius 1 is 1.36 bits per heavy atom. The summed E-state index contributed by atoms with van der Waals surface area (Å²) in [6.45, 7) is 4.29. The van der Waals surface area contributed by atoms with Crippen molar-refractivity contribution in [2.75, 3.05) is 0 Å². The van der Waals surface area contributed by atoms with Gasteiger partial charge >= 0.3 is 5.69 Å². The van der Waals surface area contributed by atoms with Crippen LogP contribution in [0.2, 0.25) is 0 Å². The quantitative estimate of drug-likeness (QED) is 0.721. The molecule has 14 heavy (non-hydrogen) atoms. The van der Waals surface area contributed by atoms with Crippen LogP contribution in [0.5, 0.6) is 0 Å². The van der Waals surface area contributed by atoms with E-state index in [4.69, 9.17) is 0 Å². The van der Waals surface area contributed by atoms with E-state index >= 15 is 0 Å². The fraction of sp³-hybridized carbons (Fsp3) is 0.636. The van der Waals surface area contributed by atoms with Gasteiger partial charge in [-0.15, -0.1) is 0 Å². The van der Waals surface area contributed by atoms with Crippen molar-refractivity contribution in [2.45, 2.75) is 45.6 Å². The van der Waals surface area contributed by atoms with Crippen molar-refractivity contribution >= 4 is 0 Å². The van der Waals surface area contributed by atoms with Crippen LogP contribution in [0.15, 0.2) is 23.3 Å². The lowest BCUT2D eigenvalue weighted by Crippen LogP contribution is -2.25. The van der Waals surface area contributed by atoms with Crippen molar-refractivity contribution in [3.63, 3.8) is 0 Å². The van der Waals surface area contributed by atoms with E-state index in [1.807, 2.05) is 12.3 Å². The van der Waals surface area contributed by atoms with Crippen molar-refractivity contribution in [3.8, 4) is 0 Å². The van der Waals surface area contributed by atoms with Crippen LogP contribution in [0.25, 0.3) is 0 Å². The summed E-state index contributed by atoms with van der Waals surface area (Å²) in [5, 5.41) is 0. The Bertz CT molecular complexity index is 313. The van der Waals surface area contributed by atoms with Crippen molar-refractivity contribution in [3.05, 3.63) is 28.9 Å². The molecule has 0 aliphatic rings. The van der Waals surface area contributed by atoms with Gasteiger partial charge in [0.1, 0.15) is 0 Å². The summed E-state index contributed by atoms with van der Waals surface area (Å²) in [5.74, 6) is 0. The van der Waals surface area contributed by atoms with Crippen LogP contribution in [0, 0.1) is 0 Å². The summed E-state index contributed by atoms with van der Waals surface area (Å²) in [5.41, 5.74) is -0.126. The van der Waals surface area contributed by atoms with E-state index in [9.17, 15) is 4.79 Å². The van der Waals surface area contributed by atoms with Crippen LogP contribution < -0.4 is 5.69 Å². The van der Waals surface area contributed by atoms with Crippen LogP contribution in [-0.2, 0) is 0 Å². The summed E-state index contributed by atoms with van der Waals surface area (Å²) in [6.07, 6.45) is 7.70. The maximum Gasteiger partial charge on any atom is 0.347 e. The van der Waals surface area contributed by atoms with Gasteiger partial charge in [-0.2, -0.15) is 0 Å². The first-order valence-electron chi connectivity index (χ1n) is 5.32. The molecule has 0 N–H and O–H groups in total. The van der Waals surface area contributed by atoms with Crippen LogP contribution >= 0.6 is 0 Å². The number of nitrogens with zero attached hydrogens (tertiary/aromatic N) is 2. The molecular weight excluding hydrogens is 176 g/mol. The first-order chi connectivity index (χ1) is 6.79. The Morgan fingerprint density at radius 3 is 2.50 bits per heavy atom. The molecule has 78 valence electrons. The summed E-state index contributed by atoms with van der Waals surface area (Å²) in [4.78, 5) is 15.2. The van der Waals surface area contributed by atoms with Gasteiger partial charge in [0.25, 0.3) is 0 Å². The molecule has 3 heteroatoms. The zero-order valence-electron chi connectivity index (χ0n) is 8.94. The van der Waals surface area contributed by atoms with Gasteiger partial charge in [0, 0.05) is 18.4 Å². The lowest BCUT2D eigenvalue weighted by molar-refractivity contribution is 0.410. The molecule has 0 spiro atoms. The van der Waals surface area contributed by atoms with Crippen molar-refractivity contribution in [2.24, 2.45) is 0 Å². The Kier molecular flexibility index (Phi) is 4.36. The zero-order valence-corrected chi connectivity index (χ0v) is 8.94. The number of rotatable bonds is 5. The van der Waals surface area contributed by atoms with E-state index in [1.165, 1.54) is 0 Å². The third kappa shape index (κ3) is 2.69. The summed E-state index contributed by atoms with van der Waals surface area (Å²) in [6, 6.07) is 2.14. The third-order valence-corrected chi connectivity index (χ3v) is 2.38. The Labute approximate surface area is 84.8 Å². The van der Waals surface area contributed by atoms with Crippen LogP contribution in [-0.4, -0.2) is 9.55 Å². The van der Waals surface area contributed by atoms with E-state index in [1.54, 1.807) is 10.8 Å². The van der Waals surface area contributed by atoms with Crippen molar-refractivity contribution < 1.29 is 0 Å². The lowest BCUT2D eigenvalue weighted by Gasteiger charge is -2.17. The van der Waals surface area contributed by atoms with Crippen LogP contribution in [0.1, 0.15) is 45.6 Å². The molecule has 0 aliphatic heterocycles. The topological polar surface area (TPSA) is 34.9 Å². The minimum absolute atomic E-state index is 0.126. The van der Waals surface area contributed by atoms with E-state index in [2.05, 4.69) is 18.8 Å². The summed E-state index contributed by atoms with van der Waals surface area (Å²) >= 11 is 0. The SMILES string of the molecule is CCCC(CCC)n1cccnc1=O. The van der Waals surface area contributed by atoms with E-state index < -0.39 is 0 Å². The highest BCUT2D eigenvalue weighted by atomic mass is 16.1. The monoisotopic (exact) mass is 194 g/mol. The molecule has 1 aromatic heterocycles. The maximum atomic E-state index is 11.5. The highest BCUT2D eigenvalue weighted by molar-refractivity contribution is 4.84. The Hall–Kier alpha value is -1.12. The molecule has 0 amide bonds. The number of hydrogen-bond acceptors (Lipinski definition) is 2. The van der Waals surface area contributed by atoms with Gasteiger partial charge in [-0.1, -0.05) is 26.7 Å². The van der Waals surface area contributed by atoms with Gasteiger partial charge in [-0.05, 0) is 18.9 Å². The van der Waals surface area contributed by atoms with Crippen molar-refractivity contribution in [1.82, 2.24) is 9.55 Å². The Balaban J connectivity index is 2.87. The first-order valence-corrected chi connectivity index (χ1v) is 5.32. The predicted octanol–water partition coefficient (Wildman–Crippen LogP) is 2.38. The maximum absolute atomic E-state index is 11.5. The second-order valence-electron chi connectivity index (χ2n) is 3.54. The normalized spacial score (nSPS) is 10.8. The van der Waals surface area contributed by atoms with Crippen molar-refractivity contribution in [1.29, 1.82) is 0 Å². The highest BCUT2D eigenvalue weighted by Crippen LogP contribution is 2.17. The van der Waals surface area contributed by atoms with Gasteiger partial charge in [-0.25, -0.2) is 9.78 Å². The molecule has 0 saturated carbocycles. The summed E-state index contributed by atoms with van der Waals surface area (Å²) < 4.78 is 1.76. The fourth-order valence-corrected chi connectivity index (χ4v) is 1.74. The number of aromatic nitrogens is 2. The summed E-state index contributed by atoms with van der Waals surface area (Å²) in [7, 11) is 0. The molecule has 0 saturated heterocycles. The second kappa shape index (κ2) is 5.58. The fourth-order valence-electron chi connectivity index (χ4n) is 1.74. The van der Waals surface area contributed by atoms with Gasteiger partial charge in [0.05, 0.1) is 0 Å². The molecule has 3 nitrogen and oxygen atoms in total. The van der Waals surface area contributed by atoms with Gasteiger partial charge in [0.15, 0.2) is 0 Å². The Morgan fingerprint density at radius 2 is 2.00 bits per heavy atom. The molecule has 1 aromatic rings. The van der Waals surface area contributed by atoms with E-state index in [-0.39, 0.29) is 5.69 Å². The van der Waals surface area contributed by atoms with Gasteiger partial charge in [0.2, 0.25) is 0 Å². The van der Waals surface area contributed by atoms with E-state index in [0.29, 0.717) is 6.04 Å². The molecule has 1 heterocycles. The molecule has 0 aliphatic carbocycles. The molecule has 0 fully saturated rings. The zero-order chi connectivity index (χ0) is 10.4. The standard InChI is InChI=1S/C11H18N2O/c1-3-6-10(7-4-2)13-9-5-8-12-11(13)14/h5,8-10H,3-4,6-7H2,1-2H3. The van der Waals surface area contributed by atoms with Crippen LogP contribution in [0.3, 0.4) is 0 Å². The molecule has 0 atom stereocenters. The molecule has 0 unspecified atom stereocenters. The number of hydrogen-bond donors (Lipinski definition) is 0. The lowest BCUT2D eigenvalue weighted by atomic mass is 10.1. The largest absolute Gasteiger partial charge is 0.347 e. The molecule has 0 bridgehead atoms. The average molecular weight is 194 g/mol. The third-order valence-electron chi connectivity index (χ3n) is 2.38. The van der Waals surface area contributed by atoms with Gasteiger partial charge in [-0.3, -0.25) is 4.57 Å². The molecular formula is C11H18N2O. The minimum atomic E-state index is -0.126. The smallest absolute Gasteiger partial charge is 0.296 e. The van der Waals surface area contributed by atoms with E-state index in [0.717, 1.165) is 25.7 Å². The first kappa shape index (κ1) is 11.0.